The molecule has 0 fully saturated rings. The van der Waals surface area contributed by atoms with Gasteiger partial charge in [0, 0.05) is 11.8 Å². The highest BCUT2D eigenvalue weighted by Gasteiger charge is 2.16. The zero-order valence-electron chi connectivity index (χ0n) is 16.4. The van der Waals surface area contributed by atoms with Gasteiger partial charge in [-0.3, -0.25) is 14.9 Å². The molecule has 9 heteroatoms. The van der Waals surface area contributed by atoms with E-state index in [9.17, 15) is 20.2 Å². The molecule has 0 spiro atoms. The number of nitro groups is 1. The van der Waals surface area contributed by atoms with Gasteiger partial charge in [-0.25, -0.2) is 0 Å². The summed E-state index contributed by atoms with van der Waals surface area (Å²) in [7, 11) is 0. The first-order valence-corrected chi connectivity index (χ1v) is 10.4. The molecule has 0 atom stereocenters. The standard InChI is InChI=1S/C23H15BrClN3O4/c24-19-11-16(6-9-22(19)32-14-15-4-2-1-3-5-15)10-17(13-26)23(29)27-18-7-8-20(25)21(12-18)28(30)31/h1-12H,14H2,(H,27,29)/b17-10+. The predicted octanol–water partition coefficient (Wildman–Crippen LogP) is 6.14. The maximum absolute atomic E-state index is 12.5. The van der Waals surface area contributed by atoms with Crippen molar-refractivity contribution < 1.29 is 14.5 Å². The number of carbonyl (C=O) groups excluding carboxylic acids is 1. The van der Waals surface area contributed by atoms with Crippen LogP contribution in [0.2, 0.25) is 5.02 Å². The van der Waals surface area contributed by atoms with Gasteiger partial charge in [-0.15, -0.1) is 0 Å². The molecule has 32 heavy (non-hydrogen) atoms. The Morgan fingerprint density at radius 3 is 2.59 bits per heavy atom. The van der Waals surface area contributed by atoms with Crippen LogP contribution in [0, 0.1) is 21.4 Å². The van der Waals surface area contributed by atoms with E-state index in [-0.39, 0.29) is 22.0 Å². The third-order valence-corrected chi connectivity index (χ3v) is 5.21. The van der Waals surface area contributed by atoms with Gasteiger partial charge in [0.1, 0.15) is 29.0 Å². The monoisotopic (exact) mass is 511 g/mol. The van der Waals surface area contributed by atoms with Gasteiger partial charge in [0.15, 0.2) is 0 Å². The highest BCUT2D eigenvalue weighted by molar-refractivity contribution is 9.10. The van der Waals surface area contributed by atoms with E-state index in [0.717, 1.165) is 11.6 Å². The zero-order chi connectivity index (χ0) is 23.1. The van der Waals surface area contributed by atoms with Gasteiger partial charge in [-0.2, -0.15) is 5.26 Å². The van der Waals surface area contributed by atoms with Crippen molar-refractivity contribution in [1.29, 1.82) is 5.26 Å². The van der Waals surface area contributed by atoms with Crippen LogP contribution in [0.1, 0.15) is 11.1 Å². The van der Waals surface area contributed by atoms with Crippen molar-refractivity contribution in [2.45, 2.75) is 6.61 Å². The summed E-state index contributed by atoms with van der Waals surface area (Å²) < 4.78 is 6.46. The van der Waals surface area contributed by atoms with E-state index in [1.807, 2.05) is 36.4 Å². The number of nitriles is 1. The number of nitro benzene ring substituents is 1. The molecule has 3 rings (SSSR count). The van der Waals surface area contributed by atoms with Gasteiger partial charge < -0.3 is 10.1 Å². The molecule has 0 aliphatic carbocycles. The lowest BCUT2D eigenvalue weighted by Crippen LogP contribution is -2.13. The summed E-state index contributed by atoms with van der Waals surface area (Å²) in [6.45, 7) is 0.397. The number of hydrogen-bond donors (Lipinski definition) is 1. The summed E-state index contributed by atoms with van der Waals surface area (Å²) in [5, 5.41) is 22.8. The van der Waals surface area contributed by atoms with E-state index < -0.39 is 10.8 Å². The van der Waals surface area contributed by atoms with Crippen LogP contribution < -0.4 is 10.1 Å². The van der Waals surface area contributed by atoms with Crippen molar-refractivity contribution in [3.05, 3.63) is 103 Å². The molecule has 0 aliphatic rings. The minimum absolute atomic E-state index is 0.0523. The summed E-state index contributed by atoms with van der Waals surface area (Å²) in [5.41, 5.74) is 1.25. The van der Waals surface area contributed by atoms with Crippen LogP contribution in [0.5, 0.6) is 5.75 Å². The number of carbonyl (C=O) groups is 1. The number of nitrogens with zero attached hydrogens (tertiary/aromatic N) is 2. The van der Waals surface area contributed by atoms with Crippen LogP contribution >= 0.6 is 27.5 Å². The van der Waals surface area contributed by atoms with Crippen molar-refractivity contribution >= 4 is 50.9 Å². The van der Waals surface area contributed by atoms with Crippen LogP contribution in [0.3, 0.4) is 0 Å². The van der Waals surface area contributed by atoms with E-state index in [1.165, 1.54) is 18.2 Å². The molecule has 1 amide bonds. The minimum Gasteiger partial charge on any atom is -0.488 e. The van der Waals surface area contributed by atoms with E-state index >= 15 is 0 Å². The van der Waals surface area contributed by atoms with Gasteiger partial charge in [-0.1, -0.05) is 48.0 Å². The first kappa shape index (κ1) is 23.0. The third-order valence-electron chi connectivity index (χ3n) is 4.27. The maximum Gasteiger partial charge on any atom is 0.289 e. The van der Waals surface area contributed by atoms with E-state index in [0.29, 0.717) is 22.4 Å². The highest BCUT2D eigenvalue weighted by atomic mass is 79.9. The Bertz CT molecular complexity index is 1240. The largest absolute Gasteiger partial charge is 0.488 e. The average Bonchev–Trinajstić information content (AvgIpc) is 2.78. The van der Waals surface area contributed by atoms with Gasteiger partial charge in [0.05, 0.1) is 9.40 Å². The summed E-state index contributed by atoms with van der Waals surface area (Å²) in [6, 6.07) is 20.5. The Hall–Kier alpha value is -3.67. The Morgan fingerprint density at radius 2 is 1.94 bits per heavy atom. The fourth-order valence-corrected chi connectivity index (χ4v) is 3.40. The Kier molecular flexibility index (Phi) is 7.60. The number of halogens is 2. The SMILES string of the molecule is N#C/C(=C\c1ccc(OCc2ccccc2)c(Br)c1)C(=O)Nc1ccc(Cl)c([N+](=O)[O-])c1. The second-order valence-corrected chi connectivity index (χ2v) is 7.77. The Morgan fingerprint density at radius 1 is 1.19 bits per heavy atom. The molecule has 1 N–H and O–H groups in total. The van der Waals surface area contributed by atoms with Crippen molar-refractivity contribution in [2.24, 2.45) is 0 Å². The van der Waals surface area contributed by atoms with Crippen LogP contribution in [-0.4, -0.2) is 10.8 Å². The predicted molar refractivity (Wildman–Crippen MR) is 125 cm³/mol. The Balaban J connectivity index is 1.73. The lowest BCUT2D eigenvalue weighted by molar-refractivity contribution is -0.384. The maximum atomic E-state index is 12.5. The summed E-state index contributed by atoms with van der Waals surface area (Å²) in [6.07, 6.45) is 1.41. The summed E-state index contributed by atoms with van der Waals surface area (Å²) in [5.74, 6) is -0.0907. The average molecular weight is 513 g/mol. The first-order valence-electron chi connectivity index (χ1n) is 9.20. The number of nitrogens with one attached hydrogen (secondary N) is 1. The fourth-order valence-electron chi connectivity index (χ4n) is 2.70. The molecule has 3 aromatic carbocycles. The van der Waals surface area contributed by atoms with Gasteiger partial charge in [0.25, 0.3) is 11.6 Å². The van der Waals surface area contributed by atoms with Crippen LogP contribution in [0.25, 0.3) is 6.08 Å². The molecule has 0 radical (unpaired) electrons. The smallest absolute Gasteiger partial charge is 0.289 e. The normalized spacial score (nSPS) is 10.8. The van der Waals surface area contributed by atoms with Crippen molar-refractivity contribution in [2.75, 3.05) is 5.32 Å². The molecule has 3 aromatic rings. The minimum atomic E-state index is -0.704. The third kappa shape index (κ3) is 5.94. The number of ether oxygens (including phenoxy) is 1. The highest BCUT2D eigenvalue weighted by Crippen LogP contribution is 2.29. The van der Waals surface area contributed by atoms with Crippen molar-refractivity contribution in [3.63, 3.8) is 0 Å². The molecular formula is C23H15BrClN3O4. The van der Waals surface area contributed by atoms with Crippen LogP contribution in [0.4, 0.5) is 11.4 Å². The molecule has 160 valence electrons. The topological polar surface area (TPSA) is 105 Å². The van der Waals surface area contributed by atoms with Gasteiger partial charge in [-0.05, 0) is 57.4 Å². The molecule has 0 unspecified atom stereocenters. The Labute approximate surface area is 197 Å². The second-order valence-electron chi connectivity index (χ2n) is 6.51. The summed E-state index contributed by atoms with van der Waals surface area (Å²) >= 11 is 9.21. The molecule has 7 nitrogen and oxygen atoms in total. The van der Waals surface area contributed by atoms with Crippen molar-refractivity contribution in [1.82, 2.24) is 0 Å². The zero-order valence-corrected chi connectivity index (χ0v) is 18.8. The number of hydrogen-bond acceptors (Lipinski definition) is 5. The number of amides is 1. The van der Waals surface area contributed by atoms with Crippen LogP contribution in [0.15, 0.2) is 76.8 Å². The van der Waals surface area contributed by atoms with Gasteiger partial charge in [0.2, 0.25) is 0 Å². The van der Waals surface area contributed by atoms with E-state index in [1.54, 1.807) is 18.2 Å². The van der Waals surface area contributed by atoms with E-state index in [2.05, 4.69) is 21.2 Å². The molecule has 0 aliphatic heterocycles. The quantitative estimate of drug-likeness (QED) is 0.177. The van der Waals surface area contributed by atoms with E-state index in [4.69, 9.17) is 16.3 Å². The first-order chi connectivity index (χ1) is 15.4. The number of benzene rings is 3. The molecule has 0 aromatic heterocycles. The van der Waals surface area contributed by atoms with Crippen molar-refractivity contribution in [3.8, 4) is 11.8 Å². The lowest BCUT2D eigenvalue weighted by atomic mass is 10.1. The molecule has 0 bridgehead atoms. The number of rotatable bonds is 7. The van der Waals surface area contributed by atoms with Crippen LogP contribution in [-0.2, 0) is 11.4 Å². The van der Waals surface area contributed by atoms with Gasteiger partial charge >= 0.3 is 0 Å². The molecule has 0 saturated carbocycles. The molecule has 0 heterocycles. The number of anilines is 1. The molecular weight excluding hydrogens is 498 g/mol. The lowest BCUT2D eigenvalue weighted by Gasteiger charge is -2.09. The fraction of sp³-hybridized carbons (Fsp3) is 0.0435. The summed E-state index contributed by atoms with van der Waals surface area (Å²) in [4.78, 5) is 22.8. The second kappa shape index (κ2) is 10.6. The molecule has 0 saturated heterocycles.